The van der Waals surface area contributed by atoms with Crippen molar-refractivity contribution in [2.24, 2.45) is 0 Å². The maximum atomic E-state index is 13.0. The fourth-order valence-corrected chi connectivity index (χ4v) is 10.6. The monoisotopic (exact) mass is 1090 g/mol. The van der Waals surface area contributed by atoms with Crippen LogP contribution in [0.5, 0.6) is 0 Å². The number of nitrogens with one attached hydrogen (secondary N) is 1. The molecular weight excluding hydrogens is 960 g/mol. The van der Waals surface area contributed by atoms with Crippen molar-refractivity contribution in [1.82, 2.24) is 5.32 Å². The third-order valence-corrected chi connectivity index (χ3v) is 16.0. The summed E-state index contributed by atoms with van der Waals surface area (Å²) in [5.74, 6) is -0.174. The van der Waals surface area contributed by atoms with Gasteiger partial charge < -0.3 is 19.8 Å². The van der Waals surface area contributed by atoms with E-state index in [4.69, 9.17) is 9.05 Å². The van der Waals surface area contributed by atoms with Gasteiger partial charge >= 0.3 is 7.82 Å². The average Bonchev–Trinajstić information content (AvgIpc) is 3.38. The van der Waals surface area contributed by atoms with E-state index < -0.39 is 20.0 Å². The van der Waals surface area contributed by atoms with E-state index >= 15 is 0 Å². The number of nitrogens with zero attached hydrogens (tertiary/aromatic N) is 1. The largest absolute Gasteiger partial charge is 0.472 e. The van der Waals surface area contributed by atoms with Crippen LogP contribution in [0.25, 0.3) is 0 Å². The number of aliphatic hydroxyl groups is 1. The van der Waals surface area contributed by atoms with Crippen LogP contribution in [-0.4, -0.2) is 73.4 Å². The summed E-state index contributed by atoms with van der Waals surface area (Å²) in [4.78, 5) is 23.4. The third kappa shape index (κ3) is 60.1. The van der Waals surface area contributed by atoms with Gasteiger partial charge in [-0.3, -0.25) is 13.8 Å². The van der Waals surface area contributed by atoms with Crippen LogP contribution in [0.3, 0.4) is 0 Å². The van der Waals surface area contributed by atoms with Crippen LogP contribution in [0.15, 0.2) is 48.6 Å². The molecule has 3 atom stereocenters. The molecule has 1 amide bonds. The van der Waals surface area contributed by atoms with Crippen LogP contribution < -0.4 is 5.32 Å². The first-order valence-electron chi connectivity index (χ1n) is 33.0. The maximum Gasteiger partial charge on any atom is 0.472 e. The van der Waals surface area contributed by atoms with E-state index in [0.29, 0.717) is 17.4 Å². The van der Waals surface area contributed by atoms with Crippen molar-refractivity contribution < 1.29 is 32.9 Å². The lowest BCUT2D eigenvalue weighted by molar-refractivity contribution is -0.870. The zero-order chi connectivity index (χ0) is 55.6. The topological polar surface area (TPSA) is 105 Å². The third-order valence-electron chi connectivity index (χ3n) is 15.0. The lowest BCUT2D eigenvalue weighted by Crippen LogP contribution is -2.45. The molecule has 0 aromatic carbocycles. The van der Waals surface area contributed by atoms with E-state index in [0.717, 1.165) is 51.4 Å². The first kappa shape index (κ1) is 74.5. The normalized spacial score (nSPS) is 14.0. The van der Waals surface area contributed by atoms with Crippen molar-refractivity contribution in [3.8, 4) is 0 Å². The molecule has 0 aliphatic carbocycles. The number of allylic oxidation sites excluding steroid dienone is 7. The molecule has 0 aromatic heterocycles. The molecule has 0 bridgehead atoms. The highest BCUT2D eigenvalue weighted by Gasteiger charge is 2.28. The quantitative estimate of drug-likeness (QED) is 0.0243. The predicted octanol–water partition coefficient (Wildman–Crippen LogP) is 20.7. The van der Waals surface area contributed by atoms with Gasteiger partial charge in [-0.05, 0) is 57.8 Å². The van der Waals surface area contributed by atoms with Gasteiger partial charge in [0.15, 0.2) is 0 Å². The zero-order valence-electron chi connectivity index (χ0n) is 51.3. The molecule has 0 aliphatic heterocycles. The fourth-order valence-electron chi connectivity index (χ4n) is 9.88. The lowest BCUT2D eigenvalue weighted by Gasteiger charge is -2.25. The summed E-state index contributed by atoms with van der Waals surface area (Å²) in [6, 6.07) is -0.849. The molecule has 0 fully saturated rings. The van der Waals surface area contributed by atoms with Gasteiger partial charge in [-0.2, -0.15) is 0 Å². The second-order valence-corrected chi connectivity index (χ2v) is 25.3. The van der Waals surface area contributed by atoms with Crippen molar-refractivity contribution in [3.63, 3.8) is 0 Å². The molecule has 0 radical (unpaired) electrons. The van der Waals surface area contributed by atoms with Gasteiger partial charge in [-0.25, -0.2) is 4.57 Å². The van der Waals surface area contributed by atoms with Crippen LogP contribution in [0.4, 0.5) is 0 Å². The summed E-state index contributed by atoms with van der Waals surface area (Å²) in [5.41, 5.74) is 0. The van der Waals surface area contributed by atoms with Crippen LogP contribution in [0.1, 0.15) is 322 Å². The Morgan fingerprint density at radius 3 is 1.09 bits per heavy atom. The van der Waals surface area contributed by atoms with Gasteiger partial charge in [0, 0.05) is 6.42 Å². The van der Waals surface area contributed by atoms with Gasteiger partial charge in [0.1, 0.15) is 13.2 Å². The van der Waals surface area contributed by atoms with Crippen LogP contribution >= 0.6 is 7.82 Å². The van der Waals surface area contributed by atoms with Gasteiger partial charge in [0.25, 0.3) is 0 Å². The highest BCUT2D eigenvalue weighted by atomic mass is 31.2. The van der Waals surface area contributed by atoms with Crippen molar-refractivity contribution in [1.29, 1.82) is 0 Å². The Hall–Kier alpha value is -1.54. The highest BCUT2D eigenvalue weighted by Crippen LogP contribution is 2.43. The Balaban J connectivity index is 4.11. The molecule has 0 aromatic rings. The number of quaternary nitrogens is 1. The summed E-state index contributed by atoms with van der Waals surface area (Å²) < 4.78 is 23.8. The number of phosphoric ester groups is 1. The minimum atomic E-state index is -4.35. The van der Waals surface area contributed by atoms with Crippen LogP contribution in [0.2, 0.25) is 0 Å². The molecule has 0 aliphatic rings. The summed E-state index contributed by atoms with van der Waals surface area (Å²) in [6.45, 7) is 4.85. The molecule has 3 N–H and O–H groups in total. The first-order valence-corrected chi connectivity index (χ1v) is 34.5. The molecule has 0 heterocycles. The Kier molecular flexibility index (Phi) is 56.9. The molecule has 76 heavy (non-hydrogen) atoms. The summed E-state index contributed by atoms with van der Waals surface area (Å²) in [7, 11) is 1.58. The van der Waals surface area contributed by atoms with E-state index in [1.807, 2.05) is 27.2 Å². The molecule has 0 rings (SSSR count). The molecule has 448 valence electrons. The average molecular weight is 1090 g/mol. The molecule has 0 saturated heterocycles. The maximum absolute atomic E-state index is 13.0. The predicted molar refractivity (Wildman–Crippen MR) is 332 cm³/mol. The molecule has 3 unspecified atom stereocenters. The highest BCUT2D eigenvalue weighted by molar-refractivity contribution is 7.47. The number of carbonyl (C=O) groups excluding carboxylic acids is 1. The molecule has 8 nitrogen and oxygen atoms in total. The van der Waals surface area contributed by atoms with Crippen LogP contribution in [-0.2, 0) is 18.4 Å². The Bertz CT molecular complexity index is 1380. The van der Waals surface area contributed by atoms with Crippen LogP contribution in [0, 0.1) is 0 Å². The number of hydrogen-bond donors (Lipinski definition) is 3. The Morgan fingerprint density at radius 2 is 0.750 bits per heavy atom. The van der Waals surface area contributed by atoms with Gasteiger partial charge in [0.05, 0.1) is 39.9 Å². The van der Waals surface area contributed by atoms with Gasteiger partial charge in [-0.15, -0.1) is 0 Å². The smallest absolute Gasteiger partial charge is 0.387 e. The number of unbranched alkanes of at least 4 members (excludes halogenated alkanes) is 42. The van der Waals surface area contributed by atoms with Crippen molar-refractivity contribution in [2.45, 2.75) is 334 Å². The van der Waals surface area contributed by atoms with Crippen molar-refractivity contribution in [2.75, 3.05) is 40.9 Å². The number of likely N-dealkylation sites (N-methyl/N-ethyl adjacent to an activating group) is 1. The Labute approximate surface area is 473 Å². The Morgan fingerprint density at radius 1 is 0.447 bits per heavy atom. The first-order chi connectivity index (χ1) is 37.0. The minimum Gasteiger partial charge on any atom is -0.387 e. The van der Waals surface area contributed by atoms with E-state index in [1.54, 1.807) is 6.08 Å². The summed E-state index contributed by atoms with van der Waals surface area (Å²) in [6.07, 6.45) is 78.0. The lowest BCUT2D eigenvalue weighted by atomic mass is 10.0. The van der Waals surface area contributed by atoms with Crippen molar-refractivity contribution in [3.05, 3.63) is 48.6 Å². The molecule has 0 spiro atoms. The molecule has 0 saturated carbocycles. The minimum absolute atomic E-state index is 0.0617. The SMILES string of the molecule is CCCCCCC/C=C\C/C=C\C/C=C\CCCCCCCCCCCCCCCCC(=O)NC(COP(=O)(O)OCC[N+](C)(C)C)C(O)/C=C/CCCCCCCCCCCCCCCCCCCCCCCCC. The second kappa shape index (κ2) is 58.1. The fraction of sp³-hybridized carbons (Fsp3) is 0.866. The second-order valence-electron chi connectivity index (χ2n) is 23.8. The van der Waals surface area contributed by atoms with Gasteiger partial charge in [0.2, 0.25) is 5.91 Å². The standard InChI is InChI=1S/C67H129N2O6P/c1-6-8-10-12-14-16-18-20-22-24-26-28-30-32-33-34-35-37-39-41-43-45-47-49-51-53-55-57-59-61-67(71)68-65(64-75-76(72,73)74-63-62-69(3,4)5)66(70)60-58-56-54-52-50-48-46-44-42-40-38-36-31-29-27-25-23-21-19-17-15-13-11-9-7-2/h18,20,24,26,30,32,58,60,65-66,70H,6-17,19,21-23,25,27-29,31,33-57,59,61-64H2,1-5H3,(H-,68,71,72,73)/p+1/b20-18-,26-24-,32-30-,60-58+. The number of aliphatic hydroxyl groups excluding tert-OH is 1. The number of carbonyl (C=O) groups is 1. The number of rotatable bonds is 61. The zero-order valence-corrected chi connectivity index (χ0v) is 52.2. The summed E-state index contributed by atoms with van der Waals surface area (Å²) >= 11 is 0. The van der Waals surface area contributed by atoms with Gasteiger partial charge in [-0.1, -0.05) is 306 Å². The number of amides is 1. The number of hydrogen-bond acceptors (Lipinski definition) is 5. The molecule has 9 heteroatoms. The number of phosphoric acid groups is 1. The van der Waals surface area contributed by atoms with E-state index in [-0.39, 0.29) is 19.1 Å². The van der Waals surface area contributed by atoms with Crippen molar-refractivity contribution >= 4 is 13.7 Å². The van der Waals surface area contributed by atoms with E-state index in [1.165, 1.54) is 250 Å². The van der Waals surface area contributed by atoms with E-state index in [2.05, 4.69) is 55.6 Å². The summed E-state index contributed by atoms with van der Waals surface area (Å²) in [5, 5.41) is 14.0. The van der Waals surface area contributed by atoms with E-state index in [9.17, 15) is 19.4 Å². The molecular formula is C67H130N2O6P+.